The second-order valence-electron chi connectivity index (χ2n) is 17.7. The molecule has 4 N–H and O–H groups in total. The number of thiophene rings is 1. The van der Waals surface area contributed by atoms with E-state index in [-0.39, 0.29) is 32.1 Å². The molecule has 2 amide bonds. The molecule has 5 rings (SSSR count). The number of likely N-dealkylation sites (N-methyl/N-ethyl adjacent to an activating group) is 1. The van der Waals surface area contributed by atoms with Gasteiger partial charge in [-0.15, -0.1) is 11.3 Å². The Morgan fingerprint density at radius 3 is 2.07 bits per heavy atom. The fraction of sp³-hybridized carbons (Fsp3) is 0.510. The Hall–Kier alpha value is -6.28. The smallest absolute Gasteiger partial charge is 0.347 e. The molecule has 404 valence electrons. The molecule has 0 aliphatic carbocycles. The number of hydrogen-bond donors (Lipinski definition) is 4. The molecular formula is C49H63N5O17S3. The third-order valence-corrected chi connectivity index (χ3v) is 18.4. The Kier molecular flexibility index (Phi) is 19.7. The number of carbonyl (C=O) groups excluding carboxylic acids is 8. The molecule has 0 bridgehead atoms. The topological polar surface area (TPSA) is 306 Å². The van der Waals surface area contributed by atoms with Gasteiger partial charge in [-0.1, -0.05) is 20.8 Å². The van der Waals surface area contributed by atoms with Gasteiger partial charge in [0.05, 0.1) is 29.2 Å². The number of Topliss-reactive ketones (excluding diaryl/α,β-unsaturated/α-hetero) is 1. The van der Waals surface area contributed by atoms with Crippen molar-refractivity contribution in [3.8, 4) is 5.75 Å². The first kappa shape index (κ1) is 58.6. The molecule has 0 saturated carbocycles. The fourth-order valence-corrected chi connectivity index (χ4v) is 13.4. The van der Waals surface area contributed by atoms with Crippen LogP contribution >= 0.6 is 11.3 Å². The van der Waals surface area contributed by atoms with Crippen LogP contribution in [0.25, 0.3) is 11.6 Å². The number of nitrogens with zero attached hydrogens (tertiary/aromatic N) is 1. The summed E-state index contributed by atoms with van der Waals surface area (Å²) in [6, 6.07) is 5.31. The number of amides is 2. The van der Waals surface area contributed by atoms with Gasteiger partial charge in [-0.05, 0) is 116 Å². The normalized spacial score (nSPS) is 18.0. The molecule has 0 unspecified atom stereocenters. The van der Waals surface area contributed by atoms with Crippen molar-refractivity contribution >= 4 is 95.8 Å². The molecule has 0 saturated heterocycles. The van der Waals surface area contributed by atoms with E-state index in [1.165, 1.54) is 25.1 Å². The van der Waals surface area contributed by atoms with Gasteiger partial charge in [0.15, 0.2) is 49.9 Å². The molecule has 3 aromatic rings. The van der Waals surface area contributed by atoms with Crippen LogP contribution in [0.4, 0.5) is 5.69 Å². The van der Waals surface area contributed by atoms with E-state index in [0.29, 0.717) is 70.3 Å². The molecule has 25 heteroatoms. The van der Waals surface area contributed by atoms with E-state index in [0.717, 1.165) is 40.8 Å². The number of ether oxygens (including phenoxy) is 5. The zero-order valence-electron chi connectivity index (χ0n) is 42.8. The minimum atomic E-state index is -4.38. The number of rotatable bonds is 24. The van der Waals surface area contributed by atoms with Crippen LogP contribution in [0.3, 0.4) is 0 Å². The van der Waals surface area contributed by atoms with Crippen LogP contribution in [0.1, 0.15) is 119 Å². The molecule has 2 aliphatic heterocycles. The lowest BCUT2D eigenvalue weighted by atomic mass is 10.0. The summed E-state index contributed by atoms with van der Waals surface area (Å²) in [4.78, 5) is 108. The third kappa shape index (κ3) is 14.1. The van der Waals surface area contributed by atoms with Gasteiger partial charge in [0.1, 0.15) is 19.9 Å². The summed E-state index contributed by atoms with van der Waals surface area (Å²) in [5.74, 6) is -8.25. The van der Waals surface area contributed by atoms with Gasteiger partial charge in [-0.2, -0.15) is 0 Å². The molecule has 1 aromatic carbocycles. The van der Waals surface area contributed by atoms with Crippen molar-refractivity contribution in [1.29, 1.82) is 0 Å². The number of ketones is 1. The third-order valence-electron chi connectivity index (χ3n) is 12.3. The molecule has 4 heterocycles. The maximum absolute atomic E-state index is 13.3. The van der Waals surface area contributed by atoms with E-state index >= 15 is 0 Å². The minimum Gasteiger partial charge on any atom is -0.452 e. The summed E-state index contributed by atoms with van der Waals surface area (Å²) in [7, 11) is -8.18. The van der Waals surface area contributed by atoms with Crippen LogP contribution in [0.15, 0.2) is 32.7 Å². The first-order chi connectivity index (χ1) is 34.7. The second kappa shape index (κ2) is 24.8. The van der Waals surface area contributed by atoms with Crippen molar-refractivity contribution < 1.29 is 78.9 Å². The Morgan fingerprint density at radius 2 is 1.46 bits per heavy atom. The van der Waals surface area contributed by atoms with E-state index in [1.54, 1.807) is 26.0 Å². The highest BCUT2D eigenvalue weighted by Crippen LogP contribution is 2.43. The van der Waals surface area contributed by atoms with Crippen molar-refractivity contribution in [2.75, 3.05) is 43.8 Å². The van der Waals surface area contributed by atoms with E-state index < -0.39 is 116 Å². The fourth-order valence-electron chi connectivity index (χ4n) is 7.96. The van der Waals surface area contributed by atoms with Crippen LogP contribution in [-0.2, 0) is 72.2 Å². The van der Waals surface area contributed by atoms with Gasteiger partial charge in [-0.3, -0.25) is 24.0 Å². The van der Waals surface area contributed by atoms with Gasteiger partial charge in [0.2, 0.25) is 0 Å². The van der Waals surface area contributed by atoms with Crippen LogP contribution in [-0.4, -0.2) is 142 Å². The molecule has 74 heavy (non-hydrogen) atoms. The van der Waals surface area contributed by atoms with Crippen LogP contribution in [0, 0.1) is 13.8 Å². The highest BCUT2D eigenvalue weighted by molar-refractivity contribution is 7.96. The number of nitrogens with one attached hydrogen (secondary N) is 4. The first-order valence-electron chi connectivity index (χ1n) is 24.0. The van der Waals surface area contributed by atoms with E-state index in [9.17, 15) is 55.2 Å². The molecule has 2 aliphatic rings. The largest absolute Gasteiger partial charge is 0.452 e. The number of benzene rings is 1. The lowest BCUT2D eigenvalue weighted by Crippen LogP contribution is -2.38. The average molecular weight is 1090 g/mol. The number of aromatic amines is 1. The predicted octanol–water partition coefficient (Wildman–Crippen LogP) is 3.93. The van der Waals surface area contributed by atoms with Gasteiger partial charge >= 0.3 is 29.8 Å². The highest BCUT2D eigenvalue weighted by atomic mass is 32.3. The molecule has 0 radical (unpaired) electrons. The van der Waals surface area contributed by atoms with Crippen LogP contribution in [0.5, 0.6) is 5.75 Å². The Balaban J connectivity index is 1.06. The molecule has 22 nitrogen and oxygen atoms in total. The van der Waals surface area contributed by atoms with Gasteiger partial charge < -0.3 is 49.5 Å². The SMILES string of the molecule is CCN[C@H]1C[C@H](C)S(=O)(=O)c2sc(S(=O)(=O)CC(=O)[C@H](C)OC(=O)[C@H](C)OC(=O)[C@H](C)OC(=O)[C@H](C)OC(=O)CCC(=O)Oc3ccc4c(c3)/C(=C/c3[nH]c(C)c(C(=O)NCCN(CC)CC)c3C)C(=O)N4)cc21. The predicted molar refractivity (Wildman–Crippen MR) is 269 cm³/mol. The van der Waals surface area contributed by atoms with Crippen LogP contribution in [0.2, 0.25) is 0 Å². The standard InChI is InChI=1S/C49H63N5O17S3/c1-11-50-38-20-25(4)74(65,66)49-35(38)23-42(72-49)73(63,64)24-39(55)28(7)68-47(61)30(9)70-48(62)31(10)69-46(60)29(8)67-40(56)16-17-41(57)71-32-14-15-36-33(21-32)34(44(58)53-36)22-37-26(5)43(27(6)52-37)45(59)51-18-19-54(12-2)13-3/h14-15,21-23,25,28-31,38,50,52H,11-13,16-20,24H2,1-10H3,(H,51,59)(H,53,58)/b34-22-/t25-,28-,29-,30-,31-,38-/m0/s1. The number of H-pyrrole nitrogens is 1. The average Bonchev–Trinajstić information content (AvgIpc) is 4.02. The zero-order chi connectivity index (χ0) is 55.0. The van der Waals surface area contributed by atoms with E-state index in [2.05, 4.69) is 25.8 Å². The molecule has 0 spiro atoms. The zero-order valence-corrected chi connectivity index (χ0v) is 45.3. The number of fused-ring (bicyclic) bond motifs is 2. The quantitative estimate of drug-likeness (QED) is 0.0427. The van der Waals surface area contributed by atoms with Gasteiger partial charge in [-0.25, -0.2) is 31.2 Å². The Morgan fingerprint density at radius 1 is 0.865 bits per heavy atom. The van der Waals surface area contributed by atoms with Crippen molar-refractivity contribution in [2.45, 2.75) is 133 Å². The summed E-state index contributed by atoms with van der Waals surface area (Å²) in [5, 5.41) is 8.11. The van der Waals surface area contributed by atoms with E-state index in [1.807, 2.05) is 20.8 Å². The van der Waals surface area contributed by atoms with Gasteiger partial charge in [0.25, 0.3) is 11.8 Å². The lowest BCUT2D eigenvalue weighted by molar-refractivity contribution is -0.183. The number of aryl methyl sites for hydroxylation is 1. The lowest BCUT2D eigenvalue weighted by Gasteiger charge is -2.27. The van der Waals surface area contributed by atoms with Crippen molar-refractivity contribution in [2.24, 2.45) is 0 Å². The van der Waals surface area contributed by atoms with Crippen molar-refractivity contribution in [3.05, 3.63) is 57.9 Å². The van der Waals surface area contributed by atoms with Crippen LogP contribution < -0.4 is 20.7 Å². The molecule has 6 atom stereocenters. The minimum absolute atomic E-state index is 0.0643. The van der Waals surface area contributed by atoms with Gasteiger partial charge in [0, 0.05) is 41.8 Å². The molecular weight excluding hydrogens is 1030 g/mol. The molecule has 2 aromatic heterocycles. The summed E-state index contributed by atoms with van der Waals surface area (Å²) >= 11 is 0.553. The van der Waals surface area contributed by atoms with E-state index in [4.69, 9.17) is 23.7 Å². The monoisotopic (exact) mass is 1090 g/mol. The number of carbonyl (C=O) groups is 8. The molecule has 0 fully saturated rings. The van der Waals surface area contributed by atoms with Crippen molar-refractivity contribution in [3.63, 3.8) is 0 Å². The summed E-state index contributed by atoms with van der Waals surface area (Å²) in [5.41, 5.74) is 3.70. The summed E-state index contributed by atoms with van der Waals surface area (Å²) in [6.07, 6.45) is -5.67. The number of hydrogen-bond acceptors (Lipinski definition) is 20. The highest BCUT2D eigenvalue weighted by Gasteiger charge is 2.40. The maximum Gasteiger partial charge on any atom is 0.347 e. The number of anilines is 1. The first-order valence-corrected chi connectivity index (χ1v) is 28.0. The Bertz CT molecular complexity index is 2940. The number of sulfone groups is 2. The summed E-state index contributed by atoms with van der Waals surface area (Å²) in [6.45, 7) is 18.8. The number of aromatic nitrogens is 1. The number of esters is 5. The van der Waals surface area contributed by atoms with Crippen molar-refractivity contribution in [1.82, 2.24) is 20.5 Å². The summed E-state index contributed by atoms with van der Waals surface area (Å²) < 4.78 is 77.8. The Labute approximate surface area is 433 Å². The second-order valence-corrected chi connectivity index (χ2v) is 23.6. The maximum atomic E-state index is 13.3.